The van der Waals surface area contributed by atoms with E-state index in [9.17, 15) is 13.6 Å². The van der Waals surface area contributed by atoms with Gasteiger partial charge in [0.1, 0.15) is 5.76 Å². The summed E-state index contributed by atoms with van der Waals surface area (Å²) in [5.74, 6) is -0.124. The highest BCUT2D eigenvalue weighted by Crippen LogP contribution is 2.14. The molecule has 1 rings (SSSR count). The van der Waals surface area contributed by atoms with E-state index < -0.39 is 12.7 Å². The highest BCUT2D eigenvalue weighted by atomic mass is 19.1. The number of amides is 2. The smallest absolute Gasteiger partial charge is 0.318 e. The molecule has 206 valence electrons. The summed E-state index contributed by atoms with van der Waals surface area (Å²) >= 11 is 0. The maximum absolute atomic E-state index is 13.6. The van der Waals surface area contributed by atoms with Crippen molar-refractivity contribution >= 4 is 11.7 Å². The number of hydrogen-bond donors (Lipinski definition) is 2. The van der Waals surface area contributed by atoms with Crippen molar-refractivity contribution in [3.63, 3.8) is 0 Å². The van der Waals surface area contributed by atoms with Gasteiger partial charge in [-0.1, -0.05) is 40.3 Å². The first-order chi connectivity index (χ1) is 16.3. The number of nitrogens with one attached hydrogen (secondary N) is 2. The summed E-state index contributed by atoms with van der Waals surface area (Å²) in [4.78, 5) is 18.3. The number of aromatic nitrogens is 1. The van der Waals surface area contributed by atoms with Gasteiger partial charge in [-0.2, -0.15) is 0 Å². The van der Waals surface area contributed by atoms with Crippen LogP contribution in [0.2, 0.25) is 0 Å². The maximum atomic E-state index is 13.6. The van der Waals surface area contributed by atoms with Crippen LogP contribution in [0.3, 0.4) is 0 Å². The van der Waals surface area contributed by atoms with E-state index in [-0.39, 0.29) is 36.0 Å². The van der Waals surface area contributed by atoms with Crippen LogP contribution in [0.4, 0.5) is 24.0 Å². The van der Waals surface area contributed by atoms with Gasteiger partial charge in [-0.3, -0.25) is 9.69 Å². The molecule has 1 heterocycles. The molecule has 0 radical (unpaired) electrons. The number of urea groups is 1. The van der Waals surface area contributed by atoms with Crippen LogP contribution >= 0.6 is 0 Å². The summed E-state index contributed by atoms with van der Waals surface area (Å²) in [5.41, 5.74) is 0.402. The number of ether oxygens (including phenoxy) is 1. The lowest BCUT2D eigenvalue weighted by atomic mass is 10.1. The SMILES string of the molecule is C=C(/C=C\CC[C@@H](C)NC(=O)N(C(C)C)C(C)CCNc1ccncc1F)OCF.CC.CC.F.[HH]. The van der Waals surface area contributed by atoms with Crippen molar-refractivity contribution in [1.82, 2.24) is 15.2 Å². The second kappa shape index (κ2) is 23.1. The Bertz CT molecular complexity index is 710. The number of carbonyl (C=O) groups excluding carboxylic acids is 1. The number of alkyl halides is 1. The van der Waals surface area contributed by atoms with Gasteiger partial charge in [0.15, 0.2) is 5.82 Å². The van der Waals surface area contributed by atoms with E-state index >= 15 is 0 Å². The Morgan fingerprint density at radius 2 is 1.86 bits per heavy atom. The van der Waals surface area contributed by atoms with E-state index in [2.05, 4.69) is 26.9 Å². The molecular formula is C26H49F3N4O2. The quantitative estimate of drug-likeness (QED) is 0.215. The Labute approximate surface area is 212 Å². The van der Waals surface area contributed by atoms with Gasteiger partial charge in [-0.15, -0.1) is 0 Å². The standard InChI is InChI=1S/C22H34F2N4O2.2C2H6.FH.H2/c1-16(2)28(18(4)10-13-26-21-11-12-25-14-20(21)24)22(29)27-17(3)8-6-7-9-19(5)30-15-23;2*1-2;;/h7,9,11-12,14,16-18H,5-6,8,10,13,15H2,1-4H3,(H,25,26)(H,27,29);2*1-2H3;2*1H/b9-7-;;;;/t17-,18?;;;;/m1..../s1. The van der Waals surface area contributed by atoms with Crippen LogP contribution in [0.5, 0.6) is 0 Å². The maximum Gasteiger partial charge on any atom is 0.318 e. The van der Waals surface area contributed by atoms with Gasteiger partial charge in [0.25, 0.3) is 0 Å². The minimum Gasteiger partial charge on any atom is -0.464 e. The molecule has 0 aliphatic carbocycles. The first-order valence-corrected chi connectivity index (χ1v) is 12.2. The van der Waals surface area contributed by atoms with Crippen molar-refractivity contribution in [2.45, 2.75) is 92.8 Å². The van der Waals surface area contributed by atoms with Crippen LogP contribution in [-0.4, -0.2) is 47.4 Å². The predicted octanol–water partition coefficient (Wildman–Crippen LogP) is 7.46. The van der Waals surface area contributed by atoms with Crippen molar-refractivity contribution < 1.29 is 24.4 Å². The lowest BCUT2D eigenvalue weighted by molar-refractivity contribution is 0.125. The van der Waals surface area contributed by atoms with E-state index in [1.54, 1.807) is 17.0 Å². The van der Waals surface area contributed by atoms with Crippen molar-refractivity contribution in [3.05, 3.63) is 48.8 Å². The first-order valence-electron chi connectivity index (χ1n) is 12.2. The zero-order valence-corrected chi connectivity index (χ0v) is 22.7. The van der Waals surface area contributed by atoms with E-state index in [1.807, 2.05) is 61.5 Å². The Kier molecular flexibility index (Phi) is 24.3. The molecule has 0 saturated heterocycles. The molecule has 0 aliphatic rings. The number of carbonyl (C=O) groups is 1. The zero-order chi connectivity index (χ0) is 26.5. The molecule has 2 N–H and O–H groups in total. The Morgan fingerprint density at radius 3 is 2.40 bits per heavy atom. The Morgan fingerprint density at radius 1 is 1.23 bits per heavy atom. The van der Waals surface area contributed by atoms with Gasteiger partial charge < -0.3 is 20.3 Å². The highest BCUT2D eigenvalue weighted by molar-refractivity contribution is 5.75. The molecule has 0 aliphatic heterocycles. The summed E-state index contributed by atoms with van der Waals surface area (Å²) in [7, 11) is 0. The second-order valence-corrected chi connectivity index (χ2v) is 7.47. The average Bonchev–Trinajstić information content (AvgIpc) is 2.80. The fourth-order valence-electron chi connectivity index (χ4n) is 3.05. The van der Waals surface area contributed by atoms with E-state index in [4.69, 9.17) is 0 Å². The number of anilines is 1. The topological polar surface area (TPSA) is 66.5 Å². The van der Waals surface area contributed by atoms with Gasteiger partial charge in [-0.05, 0) is 59.1 Å². The lowest BCUT2D eigenvalue weighted by Crippen LogP contribution is -2.51. The summed E-state index contributed by atoms with van der Waals surface area (Å²) < 4.78 is 30.3. The van der Waals surface area contributed by atoms with Crippen molar-refractivity contribution in [3.8, 4) is 0 Å². The summed E-state index contributed by atoms with van der Waals surface area (Å²) in [6.07, 6.45) is 8.26. The normalized spacial score (nSPS) is 11.6. The Hall–Kier alpha value is -2.71. The van der Waals surface area contributed by atoms with Gasteiger partial charge in [-0.25, -0.2) is 13.6 Å². The number of nitrogens with zero attached hydrogens (tertiary/aromatic N) is 2. The summed E-state index contributed by atoms with van der Waals surface area (Å²) in [6.45, 7) is 19.1. The molecule has 1 unspecified atom stereocenters. The number of halogens is 3. The zero-order valence-electron chi connectivity index (χ0n) is 22.7. The van der Waals surface area contributed by atoms with Gasteiger partial charge in [0.05, 0.1) is 11.9 Å². The van der Waals surface area contributed by atoms with Gasteiger partial charge in [0.2, 0.25) is 6.86 Å². The number of rotatable bonds is 13. The molecule has 2 atom stereocenters. The molecule has 6 nitrogen and oxygen atoms in total. The Balaban J connectivity index is -0.000000809. The van der Waals surface area contributed by atoms with Crippen LogP contribution in [0.15, 0.2) is 43.0 Å². The van der Waals surface area contributed by atoms with Gasteiger partial charge >= 0.3 is 6.03 Å². The fourth-order valence-corrected chi connectivity index (χ4v) is 3.05. The molecule has 1 aromatic rings. The molecule has 0 bridgehead atoms. The molecule has 35 heavy (non-hydrogen) atoms. The molecule has 2 amide bonds. The monoisotopic (exact) mass is 506 g/mol. The van der Waals surface area contributed by atoms with E-state index in [0.29, 0.717) is 25.1 Å². The van der Waals surface area contributed by atoms with Crippen molar-refractivity contribution in [1.29, 1.82) is 0 Å². The number of hydrogen-bond acceptors (Lipinski definition) is 4. The van der Waals surface area contributed by atoms with Crippen molar-refractivity contribution in [2.24, 2.45) is 0 Å². The van der Waals surface area contributed by atoms with Gasteiger partial charge in [0, 0.05) is 32.3 Å². The van der Waals surface area contributed by atoms with Crippen LogP contribution in [0.1, 0.15) is 76.1 Å². The molecule has 0 fully saturated rings. The van der Waals surface area contributed by atoms with E-state index in [0.717, 1.165) is 6.42 Å². The molecule has 0 saturated carbocycles. The molecule has 9 heteroatoms. The molecule has 0 aromatic carbocycles. The third kappa shape index (κ3) is 16.5. The number of pyridine rings is 1. The minimum absolute atomic E-state index is 0. The third-order valence-corrected chi connectivity index (χ3v) is 4.60. The summed E-state index contributed by atoms with van der Waals surface area (Å²) in [5, 5.41) is 6.07. The van der Waals surface area contributed by atoms with Crippen molar-refractivity contribution in [2.75, 3.05) is 18.7 Å². The molecular weight excluding hydrogens is 457 g/mol. The predicted molar refractivity (Wildman–Crippen MR) is 144 cm³/mol. The lowest BCUT2D eigenvalue weighted by Gasteiger charge is -2.34. The molecule has 1 aromatic heterocycles. The second-order valence-electron chi connectivity index (χ2n) is 7.47. The average molecular weight is 507 g/mol. The first kappa shape index (κ1) is 36.9. The highest BCUT2D eigenvalue weighted by Gasteiger charge is 2.23. The van der Waals surface area contributed by atoms with E-state index in [1.165, 1.54) is 12.4 Å². The largest absolute Gasteiger partial charge is 0.464 e. The fraction of sp³-hybridized carbons (Fsp3) is 0.615. The molecule has 0 spiro atoms. The number of allylic oxidation sites excluding steroid dienone is 2. The van der Waals surface area contributed by atoms with Crippen LogP contribution < -0.4 is 10.6 Å². The van der Waals surface area contributed by atoms with Crippen LogP contribution in [-0.2, 0) is 4.74 Å². The van der Waals surface area contributed by atoms with Crippen LogP contribution in [0.25, 0.3) is 0 Å². The minimum atomic E-state index is -0.897. The summed E-state index contributed by atoms with van der Waals surface area (Å²) in [6, 6.07) is 1.41. The third-order valence-electron chi connectivity index (χ3n) is 4.60. The van der Waals surface area contributed by atoms with Crippen LogP contribution in [0, 0.1) is 5.82 Å².